The van der Waals surface area contributed by atoms with Gasteiger partial charge in [-0.3, -0.25) is 0 Å². The van der Waals surface area contributed by atoms with Crippen molar-refractivity contribution >= 4 is 5.69 Å². The average molecular weight is 269 g/mol. The Balaban J connectivity index is 1.62. The monoisotopic (exact) mass is 269 g/mol. The maximum atomic E-state index is 5.67. The van der Waals surface area contributed by atoms with Crippen LogP contribution in [0, 0.1) is 13.8 Å². The minimum atomic E-state index is 0.776. The summed E-state index contributed by atoms with van der Waals surface area (Å²) in [6.07, 6.45) is 2.17. The molecule has 0 radical (unpaired) electrons. The van der Waals surface area contributed by atoms with Crippen molar-refractivity contribution in [2.24, 2.45) is 0 Å². The molecule has 2 heteroatoms. The topological polar surface area (TPSA) is 21.3 Å². The molecule has 0 aromatic heterocycles. The highest BCUT2D eigenvalue weighted by Crippen LogP contribution is 2.14. The van der Waals surface area contributed by atoms with E-state index in [0.717, 1.165) is 31.7 Å². The summed E-state index contributed by atoms with van der Waals surface area (Å²) in [4.78, 5) is 0. The zero-order valence-corrected chi connectivity index (χ0v) is 12.4. The van der Waals surface area contributed by atoms with Crippen molar-refractivity contribution in [1.29, 1.82) is 0 Å². The summed E-state index contributed by atoms with van der Waals surface area (Å²) >= 11 is 0. The maximum Gasteiger partial charge on any atom is 0.119 e. The van der Waals surface area contributed by atoms with Gasteiger partial charge in [0.05, 0.1) is 6.61 Å². The van der Waals surface area contributed by atoms with Gasteiger partial charge in [0, 0.05) is 12.2 Å². The van der Waals surface area contributed by atoms with Crippen molar-refractivity contribution < 1.29 is 4.74 Å². The predicted octanol–water partition coefficient (Wildman–Crippen LogP) is 4.57. The van der Waals surface area contributed by atoms with Crippen LogP contribution in [-0.4, -0.2) is 13.2 Å². The lowest BCUT2D eigenvalue weighted by Gasteiger charge is -2.09. The van der Waals surface area contributed by atoms with Crippen molar-refractivity contribution in [2.75, 3.05) is 18.5 Å². The number of benzene rings is 2. The molecule has 0 aliphatic rings. The fraction of sp³-hybridized carbons (Fsp3) is 0.333. The molecule has 0 bridgehead atoms. The number of unbranched alkanes of at least 4 members (excludes halogenated alkanes) is 1. The molecule has 0 spiro atoms. The van der Waals surface area contributed by atoms with Crippen molar-refractivity contribution in [3.8, 4) is 5.75 Å². The molecule has 2 aromatic rings. The Hall–Kier alpha value is -1.96. The first-order valence-electron chi connectivity index (χ1n) is 7.24. The summed E-state index contributed by atoms with van der Waals surface area (Å²) in [5, 5.41) is 3.47. The highest BCUT2D eigenvalue weighted by Gasteiger charge is 1.96. The second-order valence-electron chi connectivity index (χ2n) is 5.17. The highest BCUT2D eigenvalue weighted by molar-refractivity contribution is 5.48. The third kappa shape index (κ3) is 4.96. The number of ether oxygens (including phenoxy) is 1. The van der Waals surface area contributed by atoms with Crippen molar-refractivity contribution in [3.63, 3.8) is 0 Å². The van der Waals surface area contributed by atoms with Crippen LogP contribution < -0.4 is 10.1 Å². The molecule has 0 saturated carbocycles. The Bertz CT molecular complexity index is 502. The van der Waals surface area contributed by atoms with Crippen LogP contribution in [0.3, 0.4) is 0 Å². The molecule has 0 amide bonds. The van der Waals surface area contributed by atoms with E-state index in [1.54, 1.807) is 0 Å². The molecule has 0 fully saturated rings. The lowest BCUT2D eigenvalue weighted by Crippen LogP contribution is -2.05. The summed E-state index contributed by atoms with van der Waals surface area (Å²) in [6, 6.07) is 16.6. The van der Waals surface area contributed by atoms with Gasteiger partial charge in [0.1, 0.15) is 5.75 Å². The number of hydrogen-bond donors (Lipinski definition) is 1. The van der Waals surface area contributed by atoms with Crippen LogP contribution in [0.15, 0.2) is 48.5 Å². The zero-order valence-electron chi connectivity index (χ0n) is 12.4. The van der Waals surface area contributed by atoms with Crippen LogP contribution in [0.4, 0.5) is 5.69 Å². The van der Waals surface area contributed by atoms with Crippen LogP contribution >= 0.6 is 0 Å². The number of para-hydroxylation sites is 1. The molecular formula is C18H23NO. The highest BCUT2D eigenvalue weighted by atomic mass is 16.5. The molecule has 106 valence electrons. The Kier molecular flexibility index (Phi) is 5.48. The van der Waals surface area contributed by atoms with Gasteiger partial charge >= 0.3 is 0 Å². The van der Waals surface area contributed by atoms with Gasteiger partial charge in [-0.1, -0.05) is 24.3 Å². The standard InChI is InChI=1S/C18H23NO/c1-15-12-16(2)14-17(13-15)19-10-6-7-11-20-18-8-4-3-5-9-18/h3-5,8-9,12-14,19H,6-7,10-11H2,1-2H3. The summed E-state index contributed by atoms with van der Waals surface area (Å²) < 4.78 is 5.67. The molecule has 1 N–H and O–H groups in total. The van der Waals surface area contributed by atoms with Crippen LogP contribution in [0.1, 0.15) is 24.0 Å². The quantitative estimate of drug-likeness (QED) is 0.743. The molecule has 0 unspecified atom stereocenters. The van der Waals surface area contributed by atoms with Gasteiger partial charge in [0.15, 0.2) is 0 Å². The lowest BCUT2D eigenvalue weighted by molar-refractivity contribution is 0.308. The minimum Gasteiger partial charge on any atom is -0.494 e. The van der Waals surface area contributed by atoms with Gasteiger partial charge in [-0.15, -0.1) is 0 Å². The van der Waals surface area contributed by atoms with E-state index in [0.29, 0.717) is 0 Å². The van der Waals surface area contributed by atoms with Crippen molar-refractivity contribution in [3.05, 3.63) is 59.7 Å². The van der Waals surface area contributed by atoms with Gasteiger partial charge < -0.3 is 10.1 Å². The SMILES string of the molecule is Cc1cc(C)cc(NCCCCOc2ccccc2)c1. The first-order chi connectivity index (χ1) is 9.74. The van der Waals surface area contributed by atoms with Gasteiger partial charge in [-0.25, -0.2) is 0 Å². The molecule has 0 aliphatic carbocycles. The Labute approximate surface area is 121 Å². The van der Waals surface area contributed by atoms with E-state index >= 15 is 0 Å². The third-order valence-corrected chi connectivity index (χ3v) is 3.13. The summed E-state index contributed by atoms with van der Waals surface area (Å²) in [6.45, 7) is 6.03. The lowest BCUT2D eigenvalue weighted by atomic mass is 10.1. The normalized spacial score (nSPS) is 10.3. The maximum absolute atomic E-state index is 5.67. The smallest absolute Gasteiger partial charge is 0.119 e. The van der Waals surface area contributed by atoms with Crippen molar-refractivity contribution in [2.45, 2.75) is 26.7 Å². The molecule has 0 atom stereocenters. The molecule has 2 nitrogen and oxygen atoms in total. The molecule has 0 saturated heterocycles. The Morgan fingerprint density at radius 3 is 2.30 bits per heavy atom. The van der Waals surface area contributed by atoms with E-state index < -0.39 is 0 Å². The second kappa shape index (κ2) is 7.59. The summed E-state index contributed by atoms with van der Waals surface area (Å²) in [5.74, 6) is 0.953. The van der Waals surface area contributed by atoms with Crippen LogP contribution in [0.5, 0.6) is 5.75 Å². The molecule has 0 aliphatic heterocycles. The third-order valence-electron chi connectivity index (χ3n) is 3.13. The van der Waals surface area contributed by atoms with E-state index in [4.69, 9.17) is 4.74 Å². The second-order valence-corrected chi connectivity index (χ2v) is 5.17. The summed E-state index contributed by atoms with van der Waals surface area (Å²) in [7, 11) is 0. The number of aryl methyl sites for hydroxylation is 2. The van der Waals surface area contributed by atoms with E-state index in [2.05, 4.69) is 37.4 Å². The van der Waals surface area contributed by atoms with Gasteiger partial charge in [0.2, 0.25) is 0 Å². The van der Waals surface area contributed by atoms with E-state index in [1.807, 2.05) is 30.3 Å². The number of anilines is 1. The number of rotatable bonds is 7. The van der Waals surface area contributed by atoms with Crippen LogP contribution in [0.25, 0.3) is 0 Å². The Morgan fingerprint density at radius 1 is 0.900 bits per heavy atom. The molecule has 2 aromatic carbocycles. The van der Waals surface area contributed by atoms with E-state index in [9.17, 15) is 0 Å². The zero-order chi connectivity index (χ0) is 14.2. The fourth-order valence-electron chi connectivity index (χ4n) is 2.24. The predicted molar refractivity (Wildman–Crippen MR) is 85.6 cm³/mol. The summed E-state index contributed by atoms with van der Waals surface area (Å²) in [5.41, 5.74) is 3.83. The first kappa shape index (κ1) is 14.4. The average Bonchev–Trinajstić information content (AvgIpc) is 2.43. The first-order valence-corrected chi connectivity index (χ1v) is 7.24. The molecule has 0 heterocycles. The number of nitrogens with one attached hydrogen (secondary N) is 1. The van der Waals surface area contributed by atoms with Crippen LogP contribution in [0.2, 0.25) is 0 Å². The molecule has 2 rings (SSSR count). The fourth-order valence-corrected chi connectivity index (χ4v) is 2.24. The minimum absolute atomic E-state index is 0.776. The Morgan fingerprint density at radius 2 is 1.60 bits per heavy atom. The van der Waals surface area contributed by atoms with Crippen molar-refractivity contribution in [1.82, 2.24) is 0 Å². The number of hydrogen-bond acceptors (Lipinski definition) is 2. The van der Waals surface area contributed by atoms with E-state index in [-0.39, 0.29) is 0 Å². The van der Waals surface area contributed by atoms with Gasteiger partial charge in [0.25, 0.3) is 0 Å². The largest absolute Gasteiger partial charge is 0.494 e. The van der Waals surface area contributed by atoms with E-state index in [1.165, 1.54) is 16.8 Å². The van der Waals surface area contributed by atoms with Gasteiger partial charge in [-0.05, 0) is 62.1 Å². The van der Waals surface area contributed by atoms with Gasteiger partial charge in [-0.2, -0.15) is 0 Å². The van der Waals surface area contributed by atoms with Crippen LogP contribution in [-0.2, 0) is 0 Å². The molecule has 20 heavy (non-hydrogen) atoms. The molecular weight excluding hydrogens is 246 g/mol.